The van der Waals surface area contributed by atoms with Gasteiger partial charge in [-0.1, -0.05) is 18.3 Å². The van der Waals surface area contributed by atoms with Crippen LogP contribution in [0.15, 0.2) is 36.4 Å². The van der Waals surface area contributed by atoms with Gasteiger partial charge in [0.1, 0.15) is 33.8 Å². The number of carbonyl (C=O) groups is 1. The molecule has 3 aromatic heterocycles. The molecule has 1 aromatic carbocycles. The smallest absolute Gasteiger partial charge is 0.236 e. The fraction of sp³-hybridized carbons (Fsp3) is 0.379. The number of hydrogen-bond donors (Lipinski definition) is 2. The first-order valence-electron chi connectivity index (χ1n) is 13.7. The predicted octanol–water partition coefficient (Wildman–Crippen LogP) is 3.35. The van der Waals surface area contributed by atoms with Crippen molar-refractivity contribution in [2.45, 2.75) is 19.4 Å². The van der Waals surface area contributed by atoms with Gasteiger partial charge in [-0.05, 0) is 42.8 Å². The van der Waals surface area contributed by atoms with Gasteiger partial charge in [-0.3, -0.25) is 9.69 Å². The van der Waals surface area contributed by atoms with E-state index in [1.54, 1.807) is 17.0 Å². The molecule has 0 bridgehead atoms. The van der Waals surface area contributed by atoms with Crippen LogP contribution in [0.4, 0.5) is 21.0 Å². The maximum Gasteiger partial charge on any atom is 0.236 e. The number of rotatable bonds is 7. The number of aromatic amines is 1. The van der Waals surface area contributed by atoms with E-state index in [1.807, 2.05) is 24.1 Å². The number of halogens is 1. The van der Waals surface area contributed by atoms with Gasteiger partial charge < -0.3 is 24.8 Å². The molecule has 1 amide bonds. The number of anilines is 3. The van der Waals surface area contributed by atoms with Gasteiger partial charge in [0.2, 0.25) is 5.91 Å². The Morgan fingerprint density at radius 3 is 2.56 bits per heavy atom. The Balaban J connectivity index is 1.24. The summed E-state index contributed by atoms with van der Waals surface area (Å²) in [6, 6.07) is 12.3. The number of likely N-dealkylation sites (tertiary alicyclic amines) is 1. The number of fused-ring (bicyclic) bond motifs is 1. The van der Waals surface area contributed by atoms with Crippen molar-refractivity contribution in [2.24, 2.45) is 0 Å². The second-order valence-electron chi connectivity index (χ2n) is 10.4. The molecule has 2 saturated heterocycles. The summed E-state index contributed by atoms with van der Waals surface area (Å²) in [7, 11) is 1.93. The minimum atomic E-state index is -0.386. The van der Waals surface area contributed by atoms with E-state index < -0.39 is 0 Å². The highest BCUT2D eigenvalue weighted by Crippen LogP contribution is 2.39. The van der Waals surface area contributed by atoms with Crippen LogP contribution in [0.25, 0.3) is 22.3 Å². The van der Waals surface area contributed by atoms with Crippen LogP contribution in [0.1, 0.15) is 17.5 Å². The molecule has 0 atom stereocenters. The number of β-amino-alcohol motifs (C(OH)–C–C–N with tert-alkyl or cyclic N) is 1. The van der Waals surface area contributed by atoms with Crippen molar-refractivity contribution < 1.29 is 14.3 Å². The zero-order valence-corrected chi connectivity index (χ0v) is 23.8. The Bertz CT molecular complexity index is 1610. The molecular formula is C29H31FN8O2S. The largest absolute Gasteiger partial charge is 0.389 e. The third-order valence-corrected chi connectivity index (χ3v) is 8.79. The lowest BCUT2D eigenvalue weighted by Gasteiger charge is -2.39. The number of pyridine rings is 1. The topological polar surface area (TPSA) is 116 Å². The Morgan fingerprint density at radius 2 is 1.90 bits per heavy atom. The van der Waals surface area contributed by atoms with E-state index in [9.17, 15) is 19.6 Å². The number of nitrogens with one attached hydrogen (secondary N) is 1. The van der Waals surface area contributed by atoms with Gasteiger partial charge in [0.15, 0.2) is 5.13 Å². The van der Waals surface area contributed by atoms with Crippen molar-refractivity contribution in [1.29, 1.82) is 5.26 Å². The first-order valence-corrected chi connectivity index (χ1v) is 14.5. The molecule has 41 heavy (non-hydrogen) atoms. The van der Waals surface area contributed by atoms with E-state index in [0.717, 1.165) is 60.8 Å². The number of aromatic nitrogens is 3. The van der Waals surface area contributed by atoms with Gasteiger partial charge in [-0.25, -0.2) is 14.4 Å². The predicted molar refractivity (Wildman–Crippen MR) is 157 cm³/mol. The summed E-state index contributed by atoms with van der Waals surface area (Å²) in [5, 5.41) is 19.9. The number of H-pyrrole nitrogens is 1. The molecule has 10 nitrogen and oxygen atoms in total. The zero-order valence-electron chi connectivity index (χ0n) is 23.0. The number of benzene rings is 1. The fourth-order valence-electron chi connectivity index (χ4n) is 5.40. The molecule has 5 heterocycles. The quantitative estimate of drug-likeness (QED) is 0.345. The van der Waals surface area contributed by atoms with Crippen LogP contribution in [-0.4, -0.2) is 94.7 Å². The lowest BCUT2D eigenvalue weighted by atomic mass is 10.1. The number of thiazole rings is 1. The average molecular weight is 575 g/mol. The zero-order chi connectivity index (χ0) is 28.7. The van der Waals surface area contributed by atoms with Gasteiger partial charge >= 0.3 is 0 Å². The molecule has 2 aliphatic rings. The van der Waals surface area contributed by atoms with Crippen LogP contribution in [0.5, 0.6) is 0 Å². The third kappa shape index (κ3) is 5.24. The summed E-state index contributed by atoms with van der Waals surface area (Å²) >= 11 is 1.30. The Morgan fingerprint density at radius 1 is 1.17 bits per heavy atom. The van der Waals surface area contributed by atoms with E-state index in [4.69, 9.17) is 9.97 Å². The molecule has 4 aromatic rings. The van der Waals surface area contributed by atoms with Crippen LogP contribution >= 0.6 is 11.3 Å². The van der Waals surface area contributed by atoms with Crippen LogP contribution < -0.4 is 9.80 Å². The van der Waals surface area contributed by atoms with E-state index in [2.05, 4.69) is 27.8 Å². The Hall–Kier alpha value is -4.05. The molecule has 12 heteroatoms. The summed E-state index contributed by atoms with van der Waals surface area (Å²) < 4.78 is 13.5. The standard InChI is InChI=1S/C29H31FN8O2S/c1-3-21-28(35(2)29-34-26(23(14-31)41-29)18-4-6-19(30)7-5-18)27-22(32-21)8-9-24(33-27)37-12-10-36(11-13-37)17-25(40)38-15-20(39)16-38/h4-9,20,32,39H,3,10-13,15-17H2,1-2H3. The molecule has 2 fully saturated rings. The monoisotopic (exact) mass is 574 g/mol. The van der Waals surface area contributed by atoms with Crippen LogP contribution in [0, 0.1) is 17.1 Å². The van der Waals surface area contributed by atoms with E-state index in [0.29, 0.717) is 40.9 Å². The first kappa shape index (κ1) is 27.1. The second-order valence-corrected chi connectivity index (χ2v) is 11.4. The summed E-state index contributed by atoms with van der Waals surface area (Å²) in [6.07, 6.45) is 0.371. The molecule has 6 rings (SSSR count). The number of nitriles is 1. The van der Waals surface area contributed by atoms with Gasteiger partial charge in [0.25, 0.3) is 0 Å². The molecule has 212 valence electrons. The highest BCUT2D eigenvalue weighted by atomic mass is 32.1. The number of carbonyl (C=O) groups excluding carboxylic acids is 1. The van der Waals surface area contributed by atoms with Crippen LogP contribution in [0.2, 0.25) is 0 Å². The third-order valence-electron chi connectivity index (χ3n) is 7.76. The number of piperazine rings is 1. The van der Waals surface area contributed by atoms with Gasteiger partial charge in [0.05, 0.1) is 23.9 Å². The molecule has 0 aliphatic carbocycles. The van der Waals surface area contributed by atoms with Crippen molar-refractivity contribution in [3.8, 4) is 17.3 Å². The number of nitrogens with zero attached hydrogens (tertiary/aromatic N) is 7. The molecule has 0 radical (unpaired) electrons. The number of aryl methyl sites for hydroxylation is 1. The molecule has 0 unspecified atom stereocenters. The molecular weight excluding hydrogens is 543 g/mol. The van der Waals surface area contributed by atoms with Crippen molar-refractivity contribution in [1.82, 2.24) is 24.8 Å². The summed E-state index contributed by atoms with van der Waals surface area (Å²) in [5.74, 6) is 0.601. The summed E-state index contributed by atoms with van der Waals surface area (Å²) in [4.78, 5) is 34.3. The van der Waals surface area contributed by atoms with Crippen molar-refractivity contribution in [3.05, 3.63) is 52.8 Å². The molecule has 0 spiro atoms. The summed E-state index contributed by atoms with van der Waals surface area (Å²) in [5.41, 5.74) is 4.90. The molecule has 0 saturated carbocycles. The van der Waals surface area contributed by atoms with Crippen LogP contribution in [0.3, 0.4) is 0 Å². The minimum absolute atomic E-state index is 0.0692. The number of aliphatic hydroxyl groups is 1. The Labute approximate surface area is 241 Å². The highest BCUT2D eigenvalue weighted by Gasteiger charge is 2.30. The SMILES string of the molecule is CCc1[nH]c2ccc(N3CCN(CC(=O)N4CC(O)C4)CC3)nc2c1N(C)c1nc(-c2ccc(F)cc2)c(C#N)s1. The molecule has 2 aliphatic heterocycles. The van der Waals surface area contributed by atoms with Gasteiger partial charge in [-0.2, -0.15) is 5.26 Å². The maximum absolute atomic E-state index is 13.5. The Kier molecular flexibility index (Phi) is 7.33. The highest BCUT2D eigenvalue weighted by molar-refractivity contribution is 7.16. The number of hydrogen-bond acceptors (Lipinski definition) is 9. The lowest BCUT2D eigenvalue weighted by Crippen LogP contribution is -2.57. The fourth-order valence-corrected chi connectivity index (χ4v) is 6.25. The van der Waals surface area contributed by atoms with E-state index in [-0.39, 0.29) is 17.8 Å². The van der Waals surface area contributed by atoms with E-state index in [1.165, 1.54) is 23.5 Å². The minimum Gasteiger partial charge on any atom is -0.389 e. The lowest BCUT2D eigenvalue weighted by molar-refractivity contribution is -0.142. The van der Waals surface area contributed by atoms with Gasteiger partial charge in [0, 0.05) is 57.6 Å². The van der Waals surface area contributed by atoms with Crippen molar-refractivity contribution in [3.63, 3.8) is 0 Å². The summed E-state index contributed by atoms with van der Waals surface area (Å²) in [6.45, 7) is 6.33. The van der Waals surface area contributed by atoms with E-state index >= 15 is 0 Å². The number of amides is 1. The first-order chi connectivity index (χ1) is 19.8. The average Bonchev–Trinajstić information content (AvgIpc) is 3.57. The molecule has 2 N–H and O–H groups in total. The maximum atomic E-state index is 13.5. The second kappa shape index (κ2) is 11.1. The van der Waals surface area contributed by atoms with Crippen LogP contribution in [-0.2, 0) is 11.2 Å². The van der Waals surface area contributed by atoms with Crippen molar-refractivity contribution >= 4 is 44.9 Å². The number of aliphatic hydroxyl groups excluding tert-OH is 1. The van der Waals surface area contributed by atoms with Crippen molar-refractivity contribution in [2.75, 3.05) is 62.7 Å². The normalized spacial score (nSPS) is 16.2. The van der Waals surface area contributed by atoms with Gasteiger partial charge in [-0.15, -0.1) is 0 Å².